The lowest BCUT2D eigenvalue weighted by molar-refractivity contribution is 0.163. The maximum atomic E-state index is 10.8. The van der Waals surface area contributed by atoms with E-state index in [1.165, 1.54) is 0 Å². The van der Waals surface area contributed by atoms with Gasteiger partial charge in [0.1, 0.15) is 0 Å². The van der Waals surface area contributed by atoms with Crippen LogP contribution in [0.25, 0.3) is 0 Å². The Morgan fingerprint density at radius 1 is 1.67 bits per heavy atom. The minimum Gasteiger partial charge on any atom is -0.424 e. The molecule has 0 aliphatic rings. The van der Waals surface area contributed by atoms with E-state index in [2.05, 4.69) is 4.98 Å². The molecule has 0 saturated carbocycles. The van der Waals surface area contributed by atoms with Gasteiger partial charge >= 0.3 is 5.69 Å². The van der Waals surface area contributed by atoms with Crippen LogP contribution < -0.4 is 5.69 Å². The van der Waals surface area contributed by atoms with Crippen LogP contribution >= 0.6 is 12.4 Å². The van der Waals surface area contributed by atoms with Crippen molar-refractivity contribution in [3.63, 3.8) is 0 Å². The molecule has 0 spiro atoms. The highest BCUT2D eigenvalue weighted by Crippen LogP contribution is 1.95. The SMILES string of the molecule is CCc1cc(C)n(O)c(=O)n1.Cl. The van der Waals surface area contributed by atoms with E-state index in [1.807, 2.05) is 6.92 Å². The predicted molar refractivity (Wildman–Crippen MR) is 47.0 cm³/mol. The van der Waals surface area contributed by atoms with E-state index in [1.54, 1.807) is 13.0 Å². The zero-order valence-corrected chi connectivity index (χ0v) is 7.76. The topological polar surface area (TPSA) is 55.1 Å². The molecule has 1 aromatic heterocycles. The first-order valence-electron chi connectivity index (χ1n) is 3.44. The van der Waals surface area contributed by atoms with E-state index in [0.29, 0.717) is 22.5 Å². The van der Waals surface area contributed by atoms with Gasteiger partial charge in [-0.05, 0) is 19.4 Å². The van der Waals surface area contributed by atoms with Crippen LogP contribution in [0.1, 0.15) is 18.3 Å². The van der Waals surface area contributed by atoms with E-state index in [0.717, 1.165) is 0 Å². The standard InChI is InChI=1S/C7H10N2O2.ClH/c1-3-6-4-5(2)9(11)7(10)8-6;/h4,11H,3H2,1-2H3;1H. The minimum absolute atomic E-state index is 0. The van der Waals surface area contributed by atoms with Gasteiger partial charge in [0, 0.05) is 5.69 Å². The summed E-state index contributed by atoms with van der Waals surface area (Å²) in [7, 11) is 0. The van der Waals surface area contributed by atoms with Gasteiger partial charge in [-0.15, -0.1) is 17.1 Å². The van der Waals surface area contributed by atoms with Gasteiger partial charge in [0.05, 0.1) is 5.69 Å². The molecule has 0 fully saturated rings. The Kier molecular flexibility index (Phi) is 3.76. The summed E-state index contributed by atoms with van der Waals surface area (Å²) >= 11 is 0. The Bertz CT molecular complexity index is 322. The number of rotatable bonds is 1. The molecule has 1 aromatic rings. The molecule has 0 bridgehead atoms. The molecule has 0 unspecified atom stereocenters. The molecule has 1 rings (SSSR count). The fraction of sp³-hybridized carbons (Fsp3) is 0.429. The molecular formula is C7H11ClN2O2. The lowest BCUT2D eigenvalue weighted by atomic mass is 10.3. The molecule has 12 heavy (non-hydrogen) atoms. The second-order valence-corrected chi connectivity index (χ2v) is 2.34. The third kappa shape index (κ3) is 1.98. The highest BCUT2D eigenvalue weighted by molar-refractivity contribution is 5.85. The molecule has 68 valence electrons. The summed E-state index contributed by atoms with van der Waals surface area (Å²) in [6, 6.07) is 1.68. The molecule has 0 aliphatic heterocycles. The minimum atomic E-state index is -0.609. The summed E-state index contributed by atoms with van der Waals surface area (Å²) < 4.78 is 0.541. The summed E-state index contributed by atoms with van der Waals surface area (Å²) in [5.41, 5.74) is 0.613. The van der Waals surface area contributed by atoms with Gasteiger partial charge in [0.15, 0.2) is 0 Å². The van der Waals surface area contributed by atoms with Crippen molar-refractivity contribution in [3.05, 3.63) is 27.9 Å². The van der Waals surface area contributed by atoms with Gasteiger partial charge in [0.25, 0.3) is 0 Å². The maximum absolute atomic E-state index is 10.8. The van der Waals surface area contributed by atoms with Crippen molar-refractivity contribution in [2.45, 2.75) is 20.3 Å². The van der Waals surface area contributed by atoms with Crippen LogP contribution in [0.15, 0.2) is 10.9 Å². The number of hydrogen-bond donors (Lipinski definition) is 1. The van der Waals surface area contributed by atoms with E-state index < -0.39 is 5.69 Å². The number of nitrogens with zero attached hydrogens (tertiary/aromatic N) is 2. The van der Waals surface area contributed by atoms with Crippen LogP contribution in [0, 0.1) is 6.92 Å². The highest BCUT2D eigenvalue weighted by atomic mass is 35.5. The van der Waals surface area contributed by atoms with Crippen LogP contribution in [-0.2, 0) is 6.42 Å². The van der Waals surface area contributed by atoms with Gasteiger partial charge in [-0.2, -0.15) is 4.98 Å². The van der Waals surface area contributed by atoms with Crippen molar-refractivity contribution < 1.29 is 5.21 Å². The zero-order chi connectivity index (χ0) is 8.43. The molecule has 5 heteroatoms. The van der Waals surface area contributed by atoms with Crippen LogP contribution in [0.4, 0.5) is 0 Å². The Hall–Kier alpha value is -1.03. The average molecular weight is 191 g/mol. The van der Waals surface area contributed by atoms with Crippen molar-refractivity contribution >= 4 is 12.4 Å². The Morgan fingerprint density at radius 3 is 2.67 bits per heavy atom. The normalized spacial score (nSPS) is 9.17. The van der Waals surface area contributed by atoms with Gasteiger partial charge in [0.2, 0.25) is 0 Å². The Morgan fingerprint density at radius 2 is 2.25 bits per heavy atom. The number of hydrogen-bond acceptors (Lipinski definition) is 3. The van der Waals surface area contributed by atoms with Crippen LogP contribution in [0.5, 0.6) is 0 Å². The summed E-state index contributed by atoms with van der Waals surface area (Å²) in [5.74, 6) is 0. The zero-order valence-electron chi connectivity index (χ0n) is 6.94. The first kappa shape index (κ1) is 11.0. The third-order valence-corrected chi connectivity index (χ3v) is 1.49. The van der Waals surface area contributed by atoms with Gasteiger partial charge < -0.3 is 5.21 Å². The molecule has 0 aromatic carbocycles. The number of halogens is 1. The summed E-state index contributed by atoms with van der Waals surface area (Å²) in [5, 5.41) is 8.97. The first-order valence-corrected chi connectivity index (χ1v) is 3.44. The molecule has 1 N–H and O–H groups in total. The molecule has 0 saturated heterocycles. The van der Waals surface area contributed by atoms with Crippen LogP contribution in [-0.4, -0.2) is 14.9 Å². The predicted octanol–water partition coefficient (Wildman–Crippen LogP) is 0.773. The Balaban J connectivity index is 0.00000121. The lowest BCUT2D eigenvalue weighted by Crippen LogP contribution is -2.23. The molecule has 4 nitrogen and oxygen atoms in total. The first-order chi connectivity index (χ1) is 5.15. The third-order valence-electron chi connectivity index (χ3n) is 1.49. The van der Waals surface area contributed by atoms with Crippen molar-refractivity contribution in [3.8, 4) is 0 Å². The van der Waals surface area contributed by atoms with E-state index in [4.69, 9.17) is 5.21 Å². The number of aromatic nitrogens is 2. The van der Waals surface area contributed by atoms with E-state index >= 15 is 0 Å². The summed E-state index contributed by atoms with van der Waals surface area (Å²) in [4.78, 5) is 14.4. The van der Waals surface area contributed by atoms with Crippen molar-refractivity contribution in [1.82, 2.24) is 9.71 Å². The monoisotopic (exact) mass is 190 g/mol. The smallest absolute Gasteiger partial charge is 0.380 e. The van der Waals surface area contributed by atoms with Gasteiger partial charge in [-0.25, -0.2) is 4.79 Å². The van der Waals surface area contributed by atoms with Gasteiger partial charge in [-0.1, -0.05) is 6.92 Å². The van der Waals surface area contributed by atoms with Crippen LogP contribution in [0.2, 0.25) is 0 Å². The average Bonchev–Trinajstić information content (AvgIpc) is 1.99. The van der Waals surface area contributed by atoms with Crippen LogP contribution in [0.3, 0.4) is 0 Å². The number of aryl methyl sites for hydroxylation is 2. The summed E-state index contributed by atoms with van der Waals surface area (Å²) in [6.45, 7) is 3.56. The van der Waals surface area contributed by atoms with Crippen molar-refractivity contribution in [2.75, 3.05) is 0 Å². The summed E-state index contributed by atoms with van der Waals surface area (Å²) in [6.07, 6.45) is 0.705. The largest absolute Gasteiger partial charge is 0.424 e. The fourth-order valence-electron chi connectivity index (χ4n) is 0.837. The molecular weight excluding hydrogens is 180 g/mol. The lowest BCUT2D eigenvalue weighted by Gasteiger charge is -2.00. The molecule has 0 aliphatic carbocycles. The second kappa shape index (κ2) is 4.11. The maximum Gasteiger partial charge on any atom is 0.380 e. The van der Waals surface area contributed by atoms with E-state index in [-0.39, 0.29) is 12.4 Å². The quantitative estimate of drug-likeness (QED) is 0.666. The van der Waals surface area contributed by atoms with Crippen molar-refractivity contribution in [1.29, 1.82) is 0 Å². The molecule has 0 radical (unpaired) electrons. The Labute approximate surface area is 76.2 Å². The van der Waals surface area contributed by atoms with Gasteiger partial charge in [-0.3, -0.25) is 0 Å². The molecule has 1 heterocycles. The highest BCUT2D eigenvalue weighted by Gasteiger charge is 2.00. The fourth-order valence-corrected chi connectivity index (χ4v) is 0.837. The van der Waals surface area contributed by atoms with Crippen molar-refractivity contribution in [2.24, 2.45) is 0 Å². The molecule has 0 amide bonds. The second-order valence-electron chi connectivity index (χ2n) is 2.34. The molecule has 0 atom stereocenters. The van der Waals surface area contributed by atoms with E-state index in [9.17, 15) is 4.79 Å².